The van der Waals surface area contributed by atoms with Crippen LogP contribution >= 0.6 is 0 Å². The molecule has 0 saturated carbocycles. The molecule has 0 spiro atoms. The lowest BCUT2D eigenvalue weighted by Crippen LogP contribution is -2.33. The van der Waals surface area contributed by atoms with E-state index in [1.165, 1.54) is 0 Å². The molecule has 1 unspecified atom stereocenters. The van der Waals surface area contributed by atoms with Gasteiger partial charge in [0.25, 0.3) is 0 Å². The predicted molar refractivity (Wildman–Crippen MR) is 134 cm³/mol. The highest BCUT2D eigenvalue weighted by molar-refractivity contribution is 6.04. The third-order valence-corrected chi connectivity index (χ3v) is 7.04. The first kappa shape index (κ1) is 22.2. The summed E-state index contributed by atoms with van der Waals surface area (Å²) in [6, 6.07) is 15.1. The molecule has 0 amide bonds. The third kappa shape index (κ3) is 3.74. The second kappa shape index (κ2) is 8.95. The van der Waals surface area contributed by atoms with Gasteiger partial charge in [-0.2, -0.15) is 0 Å². The van der Waals surface area contributed by atoms with E-state index in [0.717, 1.165) is 64.5 Å². The lowest BCUT2D eigenvalue weighted by Gasteiger charge is -2.37. The number of piperidine rings is 1. The molecule has 174 valence electrons. The van der Waals surface area contributed by atoms with Crippen LogP contribution < -0.4 is 10.2 Å². The third-order valence-electron chi connectivity index (χ3n) is 7.04. The number of rotatable bonds is 5. The normalized spacial score (nSPS) is 16.7. The van der Waals surface area contributed by atoms with E-state index in [1.807, 2.05) is 43.3 Å². The van der Waals surface area contributed by atoms with E-state index in [-0.39, 0.29) is 11.5 Å². The number of nitrogens with one attached hydrogen (secondary N) is 1. The van der Waals surface area contributed by atoms with Crippen molar-refractivity contribution in [3.05, 3.63) is 87.2 Å². The first-order chi connectivity index (χ1) is 16.5. The Hall–Kier alpha value is -3.64. The van der Waals surface area contributed by atoms with Crippen molar-refractivity contribution in [2.75, 3.05) is 13.7 Å². The summed E-state index contributed by atoms with van der Waals surface area (Å²) in [4.78, 5) is 30.4. The number of benzene rings is 3. The quantitative estimate of drug-likeness (QED) is 0.419. The van der Waals surface area contributed by atoms with E-state index >= 15 is 0 Å². The molecule has 1 fully saturated rings. The van der Waals surface area contributed by atoms with Gasteiger partial charge >= 0.3 is 5.97 Å². The van der Waals surface area contributed by atoms with E-state index < -0.39 is 5.97 Å². The molecule has 0 radical (unpaired) electrons. The number of aryl methyl sites for hydroxylation is 1. The second-order valence-corrected chi connectivity index (χ2v) is 9.00. The number of aromatic carboxylic acids is 1. The van der Waals surface area contributed by atoms with Gasteiger partial charge in [-0.05, 0) is 60.3 Å². The average molecular weight is 457 g/mol. The summed E-state index contributed by atoms with van der Waals surface area (Å²) < 4.78 is 5.74. The van der Waals surface area contributed by atoms with Crippen molar-refractivity contribution in [2.24, 2.45) is 0 Å². The zero-order valence-electron chi connectivity index (χ0n) is 19.4. The fourth-order valence-electron chi connectivity index (χ4n) is 5.44. The number of H-pyrrole nitrogens is 1. The number of methoxy groups -OCH3 is 1. The molecule has 1 aromatic heterocycles. The Morgan fingerprint density at radius 3 is 2.71 bits per heavy atom. The summed E-state index contributed by atoms with van der Waals surface area (Å²) in [6.45, 7) is 3.44. The van der Waals surface area contributed by atoms with Gasteiger partial charge in [-0.1, -0.05) is 36.8 Å². The molecule has 5 rings (SSSR count). The molecule has 1 aliphatic rings. The number of nitrogens with zero attached hydrogens (tertiary/aromatic N) is 1. The summed E-state index contributed by atoms with van der Waals surface area (Å²) in [6.07, 6.45) is 4.83. The SMILES string of the molecule is COc1cc(C)c2[nH]ccc(=O)c2c1CN1CCCCC1c1ccc(C(=O)O)c2ccccc12. The van der Waals surface area contributed by atoms with Crippen LogP contribution in [0.15, 0.2) is 59.5 Å². The van der Waals surface area contributed by atoms with Crippen LogP contribution in [0, 0.1) is 6.92 Å². The van der Waals surface area contributed by atoms with Crippen LogP contribution in [0.2, 0.25) is 0 Å². The number of aromatic nitrogens is 1. The highest BCUT2D eigenvalue weighted by atomic mass is 16.5. The number of carboxylic acids is 1. The lowest BCUT2D eigenvalue weighted by molar-refractivity contribution is 0.0699. The first-order valence-electron chi connectivity index (χ1n) is 11.7. The number of fused-ring (bicyclic) bond motifs is 2. The molecule has 34 heavy (non-hydrogen) atoms. The summed E-state index contributed by atoms with van der Waals surface area (Å²) >= 11 is 0. The maximum Gasteiger partial charge on any atom is 0.336 e. The molecular formula is C28H28N2O4. The summed E-state index contributed by atoms with van der Waals surface area (Å²) in [7, 11) is 1.65. The van der Waals surface area contributed by atoms with Crippen LogP contribution in [0.25, 0.3) is 21.7 Å². The van der Waals surface area contributed by atoms with E-state index in [9.17, 15) is 14.7 Å². The van der Waals surface area contributed by atoms with E-state index in [0.29, 0.717) is 17.5 Å². The molecule has 0 aliphatic carbocycles. The summed E-state index contributed by atoms with van der Waals surface area (Å²) in [5.74, 6) is -0.199. The molecule has 6 heteroatoms. The van der Waals surface area contributed by atoms with Gasteiger partial charge in [-0.15, -0.1) is 0 Å². The Labute approximate surface area is 197 Å². The smallest absolute Gasteiger partial charge is 0.336 e. The Balaban J connectivity index is 1.64. The predicted octanol–water partition coefficient (Wildman–Crippen LogP) is 5.42. The molecule has 2 heterocycles. The number of pyridine rings is 1. The maximum absolute atomic E-state index is 12.9. The van der Waals surface area contributed by atoms with Gasteiger partial charge in [0, 0.05) is 30.4 Å². The van der Waals surface area contributed by atoms with Crippen LogP contribution in [-0.2, 0) is 6.54 Å². The monoisotopic (exact) mass is 456 g/mol. The van der Waals surface area contributed by atoms with Crippen LogP contribution in [0.5, 0.6) is 5.75 Å². The highest BCUT2D eigenvalue weighted by Gasteiger charge is 2.28. The number of likely N-dealkylation sites (tertiary alicyclic amines) is 1. The Morgan fingerprint density at radius 2 is 1.94 bits per heavy atom. The molecule has 1 atom stereocenters. The summed E-state index contributed by atoms with van der Waals surface area (Å²) in [5.41, 5.74) is 4.13. The van der Waals surface area contributed by atoms with Crippen molar-refractivity contribution in [1.29, 1.82) is 0 Å². The fourth-order valence-corrected chi connectivity index (χ4v) is 5.44. The van der Waals surface area contributed by atoms with Gasteiger partial charge in [-0.3, -0.25) is 9.69 Å². The fraction of sp³-hybridized carbons (Fsp3) is 0.286. The molecular weight excluding hydrogens is 428 g/mol. The molecule has 2 N–H and O–H groups in total. The first-order valence-corrected chi connectivity index (χ1v) is 11.7. The van der Waals surface area contributed by atoms with Gasteiger partial charge in [0.1, 0.15) is 5.75 Å². The van der Waals surface area contributed by atoms with Crippen LogP contribution in [0.3, 0.4) is 0 Å². The van der Waals surface area contributed by atoms with Crippen LogP contribution in [0.4, 0.5) is 0 Å². The number of ether oxygens (including phenoxy) is 1. The number of aromatic amines is 1. The average Bonchev–Trinajstić information content (AvgIpc) is 2.85. The van der Waals surface area contributed by atoms with Crippen molar-refractivity contribution in [1.82, 2.24) is 9.88 Å². The molecule has 1 aliphatic heterocycles. The van der Waals surface area contributed by atoms with Crippen molar-refractivity contribution < 1.29 is 14.6 Å². The van der Waals surface area contributed by atoms with Crippen LogP contribution in [0.1, 0.15) is 52.4 Å². The Morgan fingerprint density at radius 1 is 1.15 bits per heavy atom. The van der Waals surface area contributed by atoms with E-state index in [2.05, 4.69) is 9.88 Å². The zero-order valence-corrected chi connectivity index (χ0v) is 19.4. The minimum atomic E-state index is -0.918. The number of hydrogen-bond acceptors (Lipinski definition) is 4. The Kier molecular flexibility index (Phi) is 5.84. The number of carbonyl (C=O) groups is 1. The molecule has 4 aromatic rings. The highest BCUT2D eigenvalue weighted by Crippen LogP contribution is 2.39. The number of carboxylic acid groups (broad SMARTS) is 1. The van der Waals surface area contributed by atoms with Gasteiger partial charge in [-0.25, -0.2) is 4.79 Å². The Bertz CT molecular complexity index is 1460. The van der Waals surface area contributed by atoms with Gasteiger partial charge in [0.05, 0.1) is 23.6 Å². The largest absolute Gasteiger partial charge is 0.496 e. The second-order valence-electron chi connectivity index (χ2n) is 9.00. The van der Waals surface area contributed by atoms with Crippen molar-refractivity contribution in [3.63, 3.8) is 0 Å². The van der Waals surface area contributed by atoms with Gasteiger partial charge in [0.15, 0.2) is 5.43 Å². The lowest BCUT2D eigenvalue weighted by atomic mass is 9.89. The molecule has 3 aromatic carbocycles. The molecule has 1 saturated heterocycles. The van der Waals surface area contributed by atoms with Crippen LogP contribution in [-0.4, -0.2) is 34.6 Å². The maximum atomic E-state index is 12.9. The standard InChI is InChI=1S/C28H28N2O4/c1-17-15-25(34-2)22(26-24(31)12-13-29-27(17)26)16-30-14-6-5-9-23(30)20-10-11-21(28(32)33)19-8-4-3-7-18(19)20/h3-4,7-8,10-13,15,23H,5-6,9,14,16H2,1-2H3,(H,29,31)(H,32,33). The minimum absolute atomic E-state index is 0.0180. The van der Waals surface area contributed by atoms with E-state index in [1.54, 1.807) is 25.4 Å². The molecule has 6 nitrogen and oxygen atoms in total. The number of hydrogen-bond donors (Lipinski definition) is 2. The van der Waals surface area contributed by atoms with Crippen molar-refractivity contribution in [3.8, 4) is 5.75 Å². The minimum Gasteiger partial charge on any atom is -0.496 e. The van der Waals surface area contributed by atoms with E-state index in [4.69, 9.17) is 4.74 Å². The molecule has 0 bridgehead atoms. The van der Waals surface area contributed by atoms with Crippen molar-refractivity contribution >= 4 is 27.6 Å². The van der Waals surface area contributed by atoms with Gasteiger partial charge < -0.3 is 14.8 Å². The zero-order chi connectivity index (χ0) is 23.8. The summed E-state index contributed by atoms with van der Waals surface area (Å²) in [5, 5.41) is 12.1. The van der Waals surface area contributed by atoms with Gasteiger partial charge in [0.2, 0.25) is 0 Å². The van der Waals surface area contributed by atoms with Crippen molar-refractivity contribution in [2.45, 2.75) is 38.8 Å². The topological polar surface area (TPSA) is 82.6 Å².